The molecule has 10 heteroatoms. The number of nitrogens with zero attached hydrogens (tertiary/aromatic N) is 3. The molecule has 0 fully saturated rings. The molecule has 0 amide bonds. The summed E-state index contributed by atoms with van der Waals surface area (Å²) in [5.41, 5.74) is 1.69. The Morgan fingerprint density at radius 1 is 1.18 bits per heavy atom. The van der Waals surface area contributed by atoms with Gasteiger partial charge in [0.2, 0.25) is 0 Å². The van der Waals surface area contributed by atoms with Gasteiger partial charge in [0.05, 0.1) is 22.2 Å². The van der Waals surface area contributed by atoms with Gasteiger partial charge in [-0.05, 0) is 55.3 Å². The van der Waals surface area contributed by atoms with E-state index in [-0.39, 0.29) is 16.5 Å². The van der Waals surface area contributed by atoms with Gasteiger partial charge >= 0.3 is 6.18 Å². The highest BCUT2D eigenvalue weighted by Gasteiger charge is 2.30. The summed E-state index contributed by atoms with van der Waals surface area (Å²) in [7, 11) is 0. The number of anilines is 3. The van der Waals surface area contributed by atoms with Crippen LogP contribution in [0.25, 0.3) is 6.08 Å². The summed E-state index contributed by atoms with van der Waals surface area (Å²) < 4.78 is 44.4. The van der Waals surface area contributed by atoms with E-state index in [1.165, 1.54) is 18.5 Å². The van der Waals surface area contributed by atoms with Crippen LogP contribution in [0.1, 0.15) is 30.4 Å². The Hall–Kier alpha value is -3.77. The molecule has 0 saturated heterocycles. The van der Waals surface area contributed by atoms with E-state index in [0.29, 0.717) is 36.7 Å². The molecule has 34 heavy (non-hydrogen) atoms. The minimum atomic E-state index is -4.47. The fourth-order valence-corrected chi connectivity index (χ4v) is 3.68. The minimum absolute atomic E-state index is 0.0275. The van der Waals surface area contributed by atoms with Crippen molar-refractivity contribution in [1.29, 1.82) is 5.26 Å². The summed E-state index contributed by atoms with van der Waals surface area (Å²) >= 11 is 6.35. The molecule has 0 spiro atoms. The van der Waals surface area contributed by atoms with Crippen molar-refractivity contribution in [3.8, 4) is 17.6 Å². The lowest BCUT2D eigenvalue weighted by Gasteiger charge is -2.14. The molecule has 0 unspecified atom stereocenters. The predicted molar refractivity (Wildman–Crippen MR) is 124 cm³/mol. The van der Waals surface area contributed by atoms with Gasteiger partial charge in [-0.2, -0.15) is 18.4 Å². The van der Waals surface area contributed by atoms with Gasteiger partial charge in [-0.15, -0.1) is 0 Å². The van der Waals surface area contributed by atoms with E-state index in [2.05, 4.69) is 26.7 Å². The third-order valence-corrected chi connectivity index (χ3v) is 5.41. The molecule has 4 rings (SSSR count). The molecule has 6 nitrogen and oxygen atoms in total. The third-order valence-electron chi connectivity index (χ3n) is 5.11. The summed E-state index contributed by atoms with van der Waals surface area (Å²) in [6.45, 7) is 0.702. The van der Waals surface area contributed by atoms with Crippen LogP contribution >= 0.6 is 11.6 Å². The molecule has 2 N–H and O–H groups in total. The van der Waals surface area contributed by atoms with Gasteiger partial charge in [-0.3, -0.25) is 0 Å². The van der Waals surface area contributed by atoms with E-state index in [0.717, 1.165) is 29.7 Å². The number of halogens is 4. The van der Waals surface area contributed by atoms with Gasteiger partial charge < -0.3 is 15.4 Å². The summed E-state index contributed by atoms with van der Waals surface area (Å²) in [6.07, 6.45) is 0.853. The molecular weight excluding hydrogens is 467 g/mol. The van der Waals surface area contributed by atoms with Crippen LogP contribution < -0.4 is 15.4 Å². The second-order valence-corrected chi connectivity index (χ2v) is 7.93. The second kappa shape index (κ2) is 10.0. The number of hydrogen-bond donors (Lipinski definition) is 2. The zero-order chi connectivity index (χ0) is 24.1. The van der Waals surface area contributed by atoms with Crippen LogP contribution in [0.2, 0.25) is 5.02 Å². The number of benzene rings is 2. The standard InChI is InChI=1S/C24H19ClF3N5O/c25-20-13-17(6-7-21(20)34-18-5-1-4-16(12-18)24(26,27)28)33-23-19-11-15(3-2-9-29)8-10-30-22(19)31-14-32-23/h1,4-7,11-14H,2-3,8,10H2,(H2,30,31,32,33). The topological polar surface area (TPSA) is 82.9 Å². The fourth-order valence-electron chi connectivity index (χ4n) is 3.47. The number of ether oxygens (including phenoxy) is 1. The number of hydrogen-bond acceptors (Lipinski definition) is 6. The Kier molecular flexibility index (Phi) is 6.89. The normalized spacial score (nSPS) is 13.1. The van der Waals surface area contributed by atoms with Crippen molar-refractivity contribution in [1.82, 2.24) is 9.97 Å². The lowest BCUT2D eigenvalue weighted by Crippen LogP contribution is -2.05. The van der Waals surface area contributed by atoms with E-state index in [9.17, 15) is 13.2 Å². The third kappa shape index (κ3) is 5.58. The zero-order valence-electron chi connectivity index (χ0n) is 17.8. The fraction of sp³-hybridized carbons (Fsp3) is 0.208. The van der Waals surface area contributed by atoms with E-state index in [4.69, 9.17) is 21.6 Å². The quantitative estimate of drug-likeness (QED) is 0.384. The van der Waals surface area contributed by atoms with Crippen molar-refractivity contribution in [3.05, 3.63) is 70.5 Å². The molecule has 1 aromatic heterocycles. The van der Waals surface area contributed by atoms with Gasteiger partial charge in [-0.25, -0.2) is 9.97 Å². The molecule has 0 atom stereocenters. The van der Waals surface area contributed by atoms with E-state index >= 15 is 0 Å². The van der Waals surface area contributed by atoms with E-state index in [1.807, 2.05) is 6.08 Å². The summed E-state index contributed by atoms with van der Waals surface area (Å²) in [5.74, 6) is 1.48. The highest BCUT2D eigenvalue weighted by molar-refractivity contribution is 6.32. The van der Waals surface area contributed by atoms with Gasteiger partial charge in [0, 0.05) is 18.7 Å². The highest BCUT2D eigenvalue weighted by atomic mass is 35.5. The van der Waals surface area contributed by atoms with Crippen LogP contribution in [-0.4, -0.2) is 16.5 Å². The van der Waals surface area contributed by atoms with Gasteiger partial charge in [0.25, 0.3) is 0 Å². The van der Waals surface area contributed by atoms with E-state index < -0.39 is 11.7 Å². The zero-order valence-corrected chi connectivity index (χ0v) is 18.5. The lowest BCUT2D eigenvalue weighted by molar-refractivity contribution is -0.137. The van der Waals surface area contributed by atoms with Crippen LogP contribution in [0.3, 0.4) is 0 Å². The van der Waals surface area contributed by atoms with Gasteiger partial charge in [0.1, 0.15) is 29.5 Å². The van der Waals surface area contributed by atoms with E-state index in [1.54, 1.807) is 18.2 Å². The minimum Gasteiger partial charge on any atom is -0.456 e. The van der Waals surface area contributed by atoms with Crippen molar-refractivity contribution in [2.24, 2.45) is 0 Å². The SMILES string of the molecule is N#CCCC1=Cc2c(ncnc2Nc2ccc(Oc3cccc(C(F)(F)F)c3)c(Cl)c2)NCC1. The highest BCUT2D eigenvalue weighted by Crippen LogP contribution is 2.36. The van der Waals surface area contributed by atoms with Crippen LogP contribution in [0.15, 0.2) is 54.4 Å². The van der Waals surface area contributed by atoms with Gasteiger partial charge in [0.15, 0.2) is 0 Å². The molecule has 1 aliphatic rings. The number of nitrogens with one attached hydrogen (secondary N) is 2. The van der Waals surface area contributed by atoms with Crippen LogP contribution in [0, 0.1) is 11.3 Å². The molecule has 1 aliphatic heterocycles. The first-order chi connectivity index (χ1) is 16.3. The molecule has 3 aromatic rings. The molecule has 0 saturated carbocycles. The smallest absolute Gasteiger partial charge is 0.416 e. The molecule has 2 heterocycles. The average Bonchev–Trinajstić information content (AvgIpc) is 3.02. The van der Waals surface area contributed by atoms with Crippen LogP contribution in [0.5, 0.6) is 11.5 Å². The number of fused-ring (bicyclic) bond motifs is 1. The Labute approximate surface area is 199 Å². The first-order valence-corrected chi connectivity index (χ1v) is 10.8. The molecule has 174 valence electrons. The van der Waals surface area contributed by atoms with Crippen molar-refractivity contribution in [2.75, 3.05) is 17.2 Å². The monoisotopic (exact) mass is 485 g/mol. The Bertz CT molecular complexity index is 1270. The summed E-state index contributed by atoms with van der Waals surface area (Å²) in [4.78, 5) is 8.64. The van der Waals surface area contributed by atoms with Crippen LogP contribution in [0.4, 0.5) is 30.5 Å². The Balaban J connectivity index is 1.56. The predicted octanol–water partition coefficient (Wildman–Crippen LogP) is 7.19. The van der Waals surface area contributed by atoms with Crippen molar-refractivity contribution in [3.63, 3.8) is 0 Å². The van der Waals surface area contributed by atoms with Gasteiger partial charge in [-0.1, -0.05) is 23.2 Å². The first-order valence-electron chi connectivity index (χ1n) is 10.4. The second-order valence-electron chi connectivity index (χ2n) is 7.52. The average molecular weight is 486 g/mol. The Morgan fingerprint density at radius 2 is 2.03 bits per heavy atom. The van der Waals surface area contributed by atoms with Crippen LogP contribution in [-0.2, 0) is 6.18 Å². The Morgan fingerprint density at radius 3 is 2.79 bits per heavy atom. The summed E-state index contributed by atoms with van der Waals surface area (Å²) in [5, 5.41) is 15.6. The van der Waals surface area contributed by atoms with Crippen molar-refractivity contribution < 1.29 is 17.9 Å². The molecule has 2 aromatic carbocycles. The maximum Gasteiger partial charge on any atom is 0.416 e. The number of alkyl halides is 3. The lowest BCUT2D eigenvalue weighted by atomic mass is 10.1. The number of rotatable bonds is 6. The number of nitriles is 1. The first kappa shape index (κ1) is 23.4. The van der Waals surface area contributed by atoms with Crippen molar-refractivity contribution >= 4 is 35.0 Å². The maximum absolute atomic E-state index is 13.0. The summed E-state index contributed by atoms with van der Waals surface area (Å²) in [6, 6.07) is 11.6. The molecule has 0 radical (unpaired) electrons. The largest absolute Gasteiger partial charge is 0.456 e. The molecule has 0 aliphatic carbocycles. The number of aromatic nitrogens is 2. The van der Waals surface area contributed by atoms with Crippen molar-refractivity contribution in [2.45, 2.75) is 25.4 Å². The molecule has 0 bridgehead atoms. The molecular formula is C24H19ClF3N5O. The maximum atomic E-state index is 13.0.